The molecule has 214 valence electrons. The average molecular weight is 595 g/mol. The van der Waals surface area contributed by atoms with Crippen LogP contribution in [0, 0.1) is 28.4 Å². The van der Waals surface area contributed by atoms with Crippen LogP contribution in [0.2, 0.25) is 0 Å². The van der Waals surface area contributed by atoms with E-state index in [2.05, 4.69) is 9.97 Å². The Hall–Kier alpha value is -3.66. The largest absolute Gasteiger partial charge is 0.467 e. The number of alkyl halides is 5. The highest BCUT2D eigenvalue weighted by Crippen LogP contribution is 2.65. The first-order chi connectivity index (χ1) is 19.2. The van der Waals surface area contributed by atoms with Crippen molar-refractivity contribution in [2.24, 2.45) is 5.41 Å². The molecular weight excluding hydrogens is 573 g/mol. The second-order valence-electron chi connectivity index (χ2n) is 10.8. The van der Waals surface area contributed by atoms with Gasteiger partial charge in [-0.2, -0.15) is 28.4 Å². The highest BCUT2D eigenvalue weighted by atomic mass is 32.1. The molecule has 1 saturated heterocycles. The molecule has 0 bridgehead atoms. The highest BCUT2D eigenvalue weighted by molar-refractivity contribution is 7.19. The van der Waals surface area contributed by atoms with Crippen LogP contribution in [0.4, 0.5) is 36.6 Å². The topological polar surface area (TPSA) is 62.0 Å². The molecule has 6 rings (SSSR count). The maximum Gasteiger partial charge on any atom is 0.417 e. The summed E-state index contributed by atoms with van der Waals surface area (Å²) in [6, 6.07) is 4.25. The lowest BCUT2D eigenvalue weighted by Crippen LogP contribution is -2.24. The van der Waals surface area contributed by atoms with E-state index in [1.807, 2.05) is 6.07 Å². The number of fused-ring (bicyclic) bond motifs is 2. The number of nitrogens with zero attached hydrogens (tertiary/aromatic N) is 4. The summed E-state index contributed by atoms with van der Waals surface area (Å²) in [5.41, 5.74) is -4.46. The SMILES string of the molecule is COc1nc(N2CCC3(C2)CC3(F)F)c2cc(C(F)(F)F)c(-c3ccc(F)c4sc(C(C)C)c(C#N)c34)c(F)c2n1. The van der Waals surface area contributed by atoms with E-state index in [1.54, 1.807) is 13.8 Å². The van der Waals surface area contributed by atoms with Crippen LogP contribution >= 0.6 is 11.3 Å². The maximum atomic E-state index is 16.5. The van der Waals surface area contributed by atoms with Gasteiger partial charge in [-0.15, -0.1) is 11.3 Å². The molecule has 4 aromatic rings. The molecule has 41 heavy (non-hydrogen) atoms. The van der Waals surface area contributed by atoms with Gasteiger partial charge in [0.2, 0.25) is 0 Å². The number of hydrogen-bond acceptors (Lipinski definition) is 6. The summed E-state index contributed by atoms with van der Waals surface area (Å²) in [5, 5.41) is 9.47. The van der Waals surface area contributed by atoms with Crippen LogP contribution in [0.5, 0.6) is 6.01 Å². The van der Waals surface area contributed by atoms with Crippen molar-refractivity contribution in [3.05, 3.63) is 45.8 Å². The van der Waals surface area contributed by atoms with E-state index in [9.17, 15) is 31.6 Å². The van der Waals surface area contributed by atoms with E-state index in [0.717, 1.165) is 23.5 Å². The molecule has 1 aliphatic carbocycles. The normalized spacial score (nSPS) is 20.0. The Kier molecular flexibility index (Phi) is 5.98. The second kappa shape index (κ2) is 8.92. The molecule has 0 radical (unpaired) electrons. The molecule has 0 N–H and O–H groups in total. The molecule has 2 fully saturated rings. The summed E-state index contributed by atoms with van der Waals surface area (Å²) in [6.45, 7) is 3.42. The van der Waals surface area contributed by atoms with Crippen molar-refractivity contribution in [1.82, 2.24) is 9.97 Å². The molecule has 2 aromatic heterocycles. The predicted octanol–water partition coefficient (Wildman–Crippen LogP) is 8.05. The monoisotopic (exact) mass is 594 g/mol. The third-order valence-electron chi connectivity index (χ3n) is 7.97. The molecule has 2 aromatic carbocycles. The van der Waals surface area contributed by atoms with Gasteiger partial charge < -0.3 is 9.64 Å². The molecule has 0 amide bonds. The number of ether oxygens (including phenoxy) is 1. The Labute approximate surface area is 233 Å². The minimum Gasteiger partial charge on any atom is -0.467 e. The maximum absolute atomic E-state index is 16.5. The fourth-order valence-electron chi connectivity index (χ4n) is 5.80. The molecule has 13 heteroatoms. The Morgan fingerprint density at radius 1 is 1.17 bits per heavy atom. The van der Waals surface area contributed by atoms with Gasteiger partial charge in [-0.3, -0.25) is 0 Å². The first-order valence-electron chi connectivity index (χ1n) is 12.7. The molecular formula is C28H21F7N4OS. The summed E-state index contributed by atoms with van der Waals surface area (Å²) in [7, 11) is 1.19. The summed E-state index contributed by atoms with van der Waals surface area (Å²) in [5.74, 6) is -5.43. The van der Waals surface area contributed by atoms with Crippen molar-refractivity contribution >= 4 is 38.1 Å². The average Bonchev–Trinajstić information content (AvgIpc) is 3.24. The quantitative estimate of drug-likeness (QED) is 0.224. The van der Waals surface area contributed by atoms with Crippen molar-refractivity contribution < 1.29 is 35.5 Å². The third kappa shape index (κ3) is 4.01. The van der Waals surface area contributed by atoms with Crippen LogP contribution in [0.25, 0.3) is 32.1 Å². The van der Waals surface area contributed by atoms with Crippen LogP contribution < -0.4 is 9.64 Å². The van der Waals surface area contributed by atoms with Gasteiger partial charge in [-0.1, -0.05) is 19.9 Å². The molecule has 5 nitrogen and oxygen atoms in total. The molecule has 1 spiro atoms. The second-order valence-corrected chi connectivity index (χ2v) is 11.8. The lowest BCUT2D eigenvalue weighted by Gasteiger charge is -2.22. The number of rotatable bonds is 4. The van der Waals surface area contributed by atoms with Gasteiger partial charge in [0.1, 0.15) is 23.2 Å². The van der Waals surface area contributed by atoms with Gasteiger partial charge in [0.15, 0.2) is 5.82 Å². The number of benzene rings is 2. The number of methoxy groups -OCH3 is 1. The number of hydrogen-bond donors (Lipinski definition) is 0. The fraction of sp³-hybridized carbons (Fsp3) is 0.393. The van der Waals surface area contributed by atoms with Crippen molar-refractivity contribution in [2.75, 3.05) is 25.1 Å². The van der Waals surface area contributed by atoms with Crippen molar-refractivity contribution in [3.63, 3.8) is 0 Å². The lowest BCUT2D eigenvalue weighted by molar-refractivity contribution is -0.137. The Morgan fingerprint density at radius 2 is 1.88 bits per heavy atom. The molecule has 1 unspecified atom stereocenters. The van der Waals surface area contributed by atoms with E-state index < -0.39 is 45.8 Å². The number of thiophene rings is 1. The highest BCUT2D eigenvalue weighted by Gasteiger charge is 2.72. The van der Waals surface area contributed by atoms with Crippen molar-refractivity contribution in [3.8, 4) is 23.2 Å². The van der Waals surface area contributed by atoms with Crippen molar-refractivity contribution in [1.29, 1.82) is 5.26 Å². The summed E-state index contributed by atoms with van der Waals surface area (Å²) in [4.78, 5) is 10.0. The van der Waals surface area contributed by atoms with E-state index in [-0.39, 0.29) is 70.3 Å². The molecule has 1 aliphatic heterocycles. The lowest BCUT2D eigenvalue weighted by atomic mass is 9.91. The van der Waals surface area contributed by atoms with Gasteiger partial charge in [0.25, 0.3) is 5.92 Å². The zero-order chi connectivity index (χ0) is 29.6. The van der Waals surface area contributed by atoms with Gasteiger partial charge in [-0.05, 0) is 30.0 Å². The minimum absolute atomic E-state index is 0.0317. The van der Waals surface area contributed by atoms with Gasteiger partial charge in [0, 0.05) is 40.7 Å². The first kappa shape index (κ1) is 27.5. The number of anilines is 1. The van der Waals surface area contributed by atoms with E-state index >= 15 is 4.39 Å². The third-order valence-corrected chi connectivity index (χ3v) is 9.47. The van der Waals surface area contributed by atoms with E-state index in [4.69, 9.17) is 4.74 Å². The smallest absolute Gasteiger partial charge is 0.417 e. The van der Waals surface area contributed by atoms with Crippen LogP contribution in [0.15, 0.2) is 18.2 Å². The molecule has 2 aliphatic rings. The number of aromatic nitrogens is 2. The predicted molar refractivity (Wildman–Crippen MR) is 139 cm³/mol. The van der Waals surface area contributed by atoms with Crippen LogP contribution in [0.3, 0.4) is 0 Å². The standard InChI is InChI=1S/C28H21F7N4OS/c1-12(2)22-15(9-36)18-13(4-5-17(29)23(18)41-22)19-16(28(33,34)35)8-14-21(20(19)30)37-25(40-3)38-24(14)39-7-6-26(11-39)10-27(26,31)32/h4-5,8,12H,6-7,10-11H2,1-3H3. The molecule has 1 saturated carbocycles. The van der Waals surface area contributed by atoms with Gasteiger partial charge in [-0.25, -0.2) is 17.6 Å². The Bertz CT molecular complexity index is 1790. The first-order valence-corrected chi connectivity index (χ1v) is 13.5. The summed E-state index contributed by atoms with van der Waals surface area (Å²) >= 11 is 0.931. The van der Waals surface area contributed by atoms with E-state index in [1.165, 1.54) is 12.0 Å². The van der Waals surface area contributed by atoms with Crippen LogP contribution in [-0.4, -0.2) is 36.1 Å². The van der Waals surface area contributed by atoms with E-state index in [0.29, 0.717) is 10.9 Å². The summed E-state index contributed by atoms with van der Waals surface area (Å²) < 4.78 is 109. The zero-order valence-electron chi connectivity index (χ0n) is 21.9. The fourth-order valence-corrected chi connectivity index (χ4v) is 6.99. The number of halogens is 7. The van der Waals surface area contributed by atoms with Gasteiger partial charge >= 0.3 is 12.2 Å². The molecule has 3 heterocycles. The van der Waals surface area contributed by atoms with Crippen LogP contribution in [-0.2, 0) is 6.18 Å². The van der Waals surface area contributed by atoms with Crippen molar-refractivity contribution in [2.45, 2.75) is 44.7 Å². The van der Waals surface area contributed by atoms with Crippen LogP contribution in [0.1, 0.15) is 48.6 Å². The van der Waals surface area contributed by atoms with Gasteiger partial charge in [0.05, 0.1) is 28.4 Å². The Morgan fingerprint density at radius 3 is 2.44 bits per heavy atom. The zero-order valence-corrected chi connectivity index (χ0v) is 22.7. The molecule has 1 atom stereocenters. The number of nitriles is 1. The minimum atomic E-state index is -5.10. The summed E-state index contributed by atoms with van der Waals surface area (Å²) in [6.07, 6.45) is -5.34. The Balaban J connectivity index is 1.67.